The van der Waals surface area contributed by atoms with Crippen molar-refractivity contribution in [3.8, 4) is 0 Å². The Morgan fingerprint density at radius 3 is 1.82 bits per heavy atom. The molecule has 0 bridgehead atoms. The summed E-state index contributed by atoms with van der Waals surface area (Å²) in [5.41, 5.74) is 5.95. The second-order valence-electron chi connectivity index (χ2n) is 8.19. The van der Waals surface area contributed by atoms with Crippen LogP contribution in [-0.4, -0.2) is 26.7 Å². The average molecular weight is 429 g/mol. The van der Waals surface area contributed by atoms with E-state index < -0.39 is 6.04 Å². The van der Waals surface area contributed by atoms with E-state index in [9.17, 15) is 9.59 Å². The molecule has 0 aliphatic carbocycles. The minimum absolute atomic E-state index is 0.263. The number of amides is 2. The Hall–Kier alpha value is -4.38. The van der Waals surface area contributed by atoms with Crippen LogP contribution < -0.4 is 0 Å². The zero-order chi connectivity index (χ0) is 22.4. The van der Waals surface area contributed by atoms with Crippen molar-refractivity contribution in [2.45, 2.75) is 12.5 Å². The molecule has 5 heteroatoms. The van der Waals surface area contributed by atoms with Gasteiger partial charge in [0.05, 0.1) is 39.2 Å². The van der Waals surface area contributed by atoms with E-state index in [0.717, 1.165) is 33.2 Å². The summed E-state index contributed by atoms with van der Waals surface area (Å²) in [5.74, 6) is -0.526. The van der Waals surface area contributed by atoms with Crippen LogP contribution in [0.15, 0.2) is 97.1 Å². The van der Waals surface area contributed by atoms with E-state index in [-0.39, 0.29) is 11.8 Å². The topological polar surface area (TPSA) is 63.2 Å². The van der Waals surface area contributed by atoms with Crippen molar-refractivity contribution in [3.63, 3.8) is 0 Å². The van der Waals surface area contributed by atoms with E-state index in [4.69, 9.17) is 9.97 Å². The summed E-state index contributed by atoms with van der Waals surface area (Å²) in [4.78, 5) is 37.5. The van der Waals surface area contributed by atoms with Crippen molar-refractivity contribution in [3.05, 3.63) is 119 Å². The van der Waals surface area contributed by atoms with Crippen LogP contribution >= 0.6 is 0 Å². The number of nitrogens with zero attached hydrogens (tertiary/aromatic N) is 3. The van der Waals surface area contributed by atoms with Gasteiger partial charge in [0.25, 0.3) is 11.8 Å². The highest BCUT2D eigenvalue weighted by molar-refractivity contribution is 6.21. The van der Waals surface area contributed by atoms with Crippen LogP contribution in [0.2, 0.25) is 0 Å². The van der Waals surface area contributed by atoms with E-state index in [1.807, 2.05) is 72.8 Å². The number of para-hydroxylation sites is 2. The molecule has 2 amide bonds. The van der Waals surface area contributed by atoms with Crippen molar-refractivity contribution in [1.82, 2.24) is 14.9 Å². The van der Waals surface area contributed by atoms with Gasteiger partial charge in [-0.15, -0.1) is 0 Å². The van der Waals surface area contributed by atoms with Crippen LogP contribution in [0.1, 0.15) is 37.9 Å². The number of fused-ring (bicyclic) bond motifs is 3. The highest BCUT2D eigenvalue weighted by atomic mass is 16.2. The number of rotatable bonds is 4. The molecule has 1 unspecified atom stereocenters. The Morgan fingerprint density at radius 2 is 1.15 bits per heavy atom. The van der Waals surface area contributed by atoms with Crippen molar-refractivity contribution >= 4 is 33.9 Å². The molecule has 158 valence electrons. The first-order valence-electron chi connectivity index (χ1n) is 10.9. The van der Waals surface area contributed by atoms with E-state index in [1.54, 1.807) is 24.3 Å². The van der Waals surface area contributed by atoms with E-state index in [0.29, 0.717) is 17.5 Å². The Kier molecular flexibility index (Phi) is 4.47. The average Bonchev–Trinajstić information content (AvgIpc) is 3.11. The van der Waals surface area contributed by atoms with Gasteiger partial charge in [-0.05, 0) is 53.9 Å². The van der Waals surface area contributed by atoms with Crippen LogP contribution in [0.25, 0.3) is 22.1 Å². The Labute approximate surface area is 190 Å². The molecule has 0 radical (unpaired) electrons. The first kappa shape index (κ1) is 19.3. The SMILES string of the molecule is O=C1c2ccccc2C(=O)N1C(Cc1ccccc1)c1ccc2nc3ccccc3nc2c1. The molecule has 0 fully saturated rings. The van der Waals surface area contributed by atoms with Gasteiger partial charge >= 0.3 is 0 Å². The third-order valence-corrected chi connectivity index (χ3v) is 6.16. The smallest absolute Gasteiger partial charge is 0.262 e. The van der Waals surface area contributed by atoms with Crippen molar-refractivity contribution in [2.75, 3.05) is 0 Å². The lowest BCUT2D eigenvalue weighted by molar-refractivity contribution is 0.0581. The molecule has 33 heavy (non-hydrogen) atoms. The maximum absolute atomic E-state index is 13.3. The number of hydrogen-bond donors (Lipinski definition) is 0. The van der Waals surface area contributed by atoms with Gasteiger partial charge in [-0.3, -0.25) is 14.5 Å². The van der Waals surface area contributed by atoms with Crippen LogP contribution in [0.4, 0.5) is 0 Å². The van der Waals surface area contributed by atoms with Gasteiger partial charge in [0.1, 0.15) is 0 Å². The standard InChI is InChI=1S/C28H19N3O2/c32-27-20-10-4-5-11-21(20)28(33)31(27)26(16-18-8-2-1-3-9-18)19-14-15-24-25(17-19)30-23-13-7-6-12-22(23)29-24/h1-15,17,26H,16H2. The van der Waals surface area contributed by atoms with Crippen molar-refractivity contribution < 1.29 is 9.59 Å². The third kappa shape index (κ3) is 3.26. The number of benzene rings is 4. The van der Waals surface area contributed by atoms with Gasteiger partial charge in [0, 0.05) is 0 Å². The van der Waals surface area contributed by atoms with Gasteiger partial charge in [-0.1, -0.05) is 60.7 Å². The normalized spacial score (nSPS) is 14.1. The largest absolute Gasteiger partial charge is 0.269 e. The fraction of sp³-hybridized carbons (Fsp3) is 0.0714. The highest BCUT2D eigenvalue weighted by Crippen LogP contribution is 2.34. The molecular formula is C28H19N3O2. The number of aromatic nitrogens is 2. The summed E-state index contributed by atoms with van der Waals surface area (Å²) in [6.07, 6.45) is 0.513. The summed E-state index contributed by atoms with van der Waals surface area (Å²) in [6.45, 7) is 0. The fourth-order valence-electron chi connectivity index (χ4n) is 4.53. The lowest BCUT2D eigenvalue weighted by Gasteiger charge is -2.27. The van der Waals surface area contributed by atoms with Gasteiger partial charge < -0.3 is 0 Å². The molecule has 5 nitrogen and oxygen atoms in total. The Balaban J connectivity index is 1.49. The van der Waals surface area contributed by atoms with Crippen LogP contribution in [0.3, 0.4) is 0 Å². The van der Waals surface area contributed by atoms with E-state index >= 15 is 0 Å². The predicted molar refractivity (Wildman–Crippen MR) is 127 cm³/mol. The predicted octanol–water partition coefficient (Wildman–Crippen LogP) is 5.36. The second-order valence-corrected chi connectivity index (χ2v) is 8.19. The van der Waals surface area contributed by atoms with Crippen molar-refractivity contribution in [1.29, 1.82) is 0 Å². The van der Waals surface area contributed by atoms with Gasteiger partial charge in [0.2, 0.25) is 0 Å². The third-order valence-electron chi connectivity index (χ3n) is 6.16. The molecule has 5 aromatic rings. The fourth-order valence-corrected chi connectivity index (χ4v) is 4.53. The van der Waals surface area contributed by atoms with Gasteiger partial charge in [0.15, 0.2) is 0 Å². The number of imide groups is 1. The summed E-state index contributed by atoms with van der Waals surface area (Å²) < 4.78 is 0. The zero-order valence-corrected chi connectivity index (χ0v) is 17.7. The lowest BCUT2D eigenvalue weighted by Crippen LogP contribution is -2.35. The Morgan fingerprint density at radius 1 is 0.606 bits per heavy atom. The molecular weight excluding hydrogens is 410 g/mol. The summed E-state index contributed by atoms with van der Waals surface area (Å²) in [6, 6.07) is 30.0. The Bertz CT molecular complexity index is 1510. The van der Waals surface area contributed by atoms with E-state index in [2.05, 4.69) is 0 Å². The molecule has 6 rings (SSSR count). The van der Waals surface area contributed by atoms with Crippen LogP contribution in [0, 0.1) is 0 Å². The molecule has 1 atom stereocenters. The molecule has 0 N–H and O–H groups in total. The minimum Gasteiger partial charge on any atom is -0.269 e. The number of hydrogen-bond acceptors (Lipinski definition) is 4. The molecule has 1 aliphatic rings. The van der Waals surface area contributed by atoms with E-state index in [1.165, 1.54) is 4.90 Å². The van der Waals surface area contributed by atoms with Crippen LogP contribution in [0.5, 0.6) is 0 Å². The first-order chi connectivity index (χ1) is 16.2. The summed E-state index contributed by atoms with van der Waals surface area (Å²) in [5, 5.41) is 0. The summed E-state index contributed by atoms with van der Waals surface area (Å²) >= 11 is 0. The number of carbonyl (C=O) groups is 2. The molecule has 0 spiro atoms. The molecule has 2 heterocycles. The molecule has 1 aliphatic heterocycles. The first-order valence-corrected chi connectivity index (χ1v) is 10.9. The zero-order valence-electron chi connectivity index (χ0n) is 17.7. The van der Waals surface area contributed by atoms with Crippen molar-refractivity contribution in [2.24, 2.45) is 0 Å². The minimum atomic E-state index is -0.461. The highest BCUT2D eigenvalue weighted by Gasteiger charge is 2.40. The second kappa shape index (κ2) is 7.64. The maximum Gasteiger partial charge on any atom is 0.262 e. The number of carbonyl (C=O) groups excluding carboxylic acids is 2. The van der Waals surface area contributed by atoms with Crippen LogP contribution in [-0.2, 0) is 6.42 Å². The molecule has 0 saturated carbocycles. The summed E-state index contributed by atoms with van der Waals surface area (Å²) in [7, 11) is 0. The van der Waals surface area contributed by atoms with Gasteiger partial charge in [-0.2, -0.15) is 0 Å². The monoisotopic (exact) mass is 429 g/mol. The maximum atomic E-state index is 13.3. The van der Waals surface area contributed by atoms with Gasteiger partial charge in [-0.25, -0.2) is 9.97 Å². The molecule has 0 saturated heterocycles. The molecule has 1 aromatic heterocycles. The quantitative estimate of drug-likeness (QED) is 0.285. The lowest BCUT2D eigenvalue weighted by atomic mass is 9.96. The molecule has 4 aromatic carbocycles.